The Morgan fingerprint density at radius 1 is 1.11 bits per heavy atom. The van der Waals surface area contributed by atoms with E-state index in [-0.39, 0.29) is 4.90 Å². The molecule has 0 spiro atoms. The third kappa shape index (κ3) is 4.57. The number of sulfonamides is 1. The van der Waals surface area contributed by atoms with Crippen LogP contribution in [0.2, 0.25) is 0 Å². The van der Waals surface area contributed by atoms with Gasteiger partial charge in [-0.2, -0.15) is 4.31 Å². The maximum Gasteiger partial charge on any atom is 0.243 e. The highest BCUT2D eigenvalue weighted by molar-refractivity contribution is 7.89. The van der Waals surface area contributed by atoms with Crippen molar-refractivity contribution >= 4 is 27.8 Å². The molecule has 0 atom stereocenters. The Hall–Kier alpha value is -2.62. The molecule has 1 fully saturated rings. The first-order chi connectivity index (χ1) is 13.0. The summed E-state index contributed by atoms with van der Waals surface area (Å²) in [5, 5.41) is 8.75. The molecule has 1 aromatic heterocycles. The first-order valence-corrected chi connectivity index (χ1v) is 9.88. The summed E-state index contributed by atoms with van der Waals surface area (Å²) < 4.78 is 27.3. The van der Waals surface area contributed by atoms with Crippen molar-refractivity contribution in [1.29, 1.82) is 0 Å². The molecule has 0 bridgehead atoms. The number of hydrogen-bond donors (Lipinski definition) is 1. The molecule has 1 aromatic carbocycles. The normalized spacial score (nSPS) is 16.0. The molecule has 3 rings (SSSR count). The van der Waals surface area contributed by atoms with Crippen LogP contribution < -0.4 is 4.90 Å². The van der Waals surface area contributed by atoms with E-state index in [1.165, 1.54) is 28.6 Å². The Bertz CT molecular complexity index is 923. The Labute approximate surface area is 157 Å². The minimum atomic E-state index is -3.64. The van der Waals surface area contributed by atoms with Crippen LogP contribution in [-0.4, -0.2) is 66.4 Å². The van der Waals surface area contributed by atoms with Crippen LogP contribution in [-0.2, 0) is 14.8 Å². The fourth-order valence-electron chi connectivity index (χ4n) is 2.75. The van der Waals surface area contributed by atoms with E-state index in [4.69, 9.17) is 5.11 Å². The molecule has 2 aromatic rings. The molecule has 0 radical (unpaired) electrons. The number of ketones is 1. The number of rotatable bonds is 6. The lowest BCUT2D eigenvalue weighted by Gasteiger charge is -2.33. The molecule has 0 unspecified atom stereocenters. The van der Waals surface area contributed by atoms with Gasteiger partial charge in [0.05, 0.1) is 4.90 Å². The number of aliphatic hydroxyl groups is 1. The minimum absolute atomic E-state index is 0.172. The van der Waals surface area contributed by atoms with Gasteiger partial charge in [0.1, 0.15) is 6.61 Å². The zero-order chi connectivity index (χ0) is 19.3. The maximum atomic E-state index is 12.9. The highest BCUT2D eigenvalue weighted by Crippen LogP contribution is 2.20. The Kier molecular flexibility index (Phi) is 5.94. The second-order valence-corrected chi connectivity index (χ2v) is 7.91. The van der Waals surface area contributed by atoms with Gasteiger partial charge in [-0.15, -0.1) is 0 Å². The van der Waals surface area contributed by atoms with Gasteiger partial charge in [0.15, 0.2) is 5.78 Å². The molecule has 1 aliphatic heterocycles. The number of carbonyl (C=O) groups is 1. The predicted molar refractivity (Wildman–Crippen MR) is 101 cm³/mol. The maximum absolute atomic E-state index is 12.9. The molecular formula is C18H20N4O4S. The van der Waals surface area contributed by atoms with E-state index < -0.39 is 22.4 Å². The van der Waals surface area contributed by atoms with Crippen molar-refractivity contribution in [2.45, 2.75) is 4.90 Å². The largest absolute Gasteiger partial charge is 0.388 e. The van der Waals surface area contributed by atoms with Gasteiger partial charge < -0.3 is 10.0 Å². The number of piperazine rings is 1. The van der Waals surface area contributed by atoms with Crippen LogP contribution in [0.3, 0.4) is 0 Å². The summed E-state index contributed by atoms with van der Waals surface area (Å²) in [6.07, 6.45) is 6.03. The molecule has 0 saturated carbocycles. The SMILES string of the molecule is O=C(/C=C/c1cccc(S(=O)(=O)N2CCN(c3ncccn3)CC2)c1)CO. The van der Waals surface area contributed by atoms with E-state index >= 15 is 0 Å². The van der Waals surface area contributed by atoms with E-state index in [0.29, 0.717) is 37.7 Å². The number of hydrogen-bond acceptors (Lipinski definition) is 7. The van der Waals surface area contributed by atoms with Crippen molar-refractivity contribution in [3.63, 3.8) is 0 Å². The van der Waals surface area contributed by atoms with Gasteiger partial charge >= 0.3 is 0 Å². The Morgan fingerprint density at radius 2 is 1.81 bits per heavy atom. The predicted octanol–water partition coefficient (Wildman–Crippen LogP) is 0.562. The topological polar surface area (TPSA) is 104 Å². The number of nitrogens with zero attached hydrogens (tertiary/aromatic N) is 4. The Morgan fingerprint density at radius 3 is 2.48 bits per heavy atom. The molecule has 9 heteroatoms. The summed E-state index contributed by atoms with van der Waals surface area (Å²) in [5.74, 6) is 0.151. The van der Waals surface area contributed by atoms with Gasteiger partial charge in [0, 0.05) is 38.6 Å². The van der Waals surface area contributed by atoms with Gasteiger partial charge in [0.25, 0.3) is 0 Å². The van der Waals surface area contributed by atoms with Gasteiger partial charge in [-0.3, -0.25) is 4.79 Å². The molecule has 8 nitrogen and oxygen atoms in total. The summed E-state index contributed by atoms with van der Waals surface area (Å²) >= 11 is 0. The third-order valence-electron chi connectivity index (χ3n) is 4.19. The molecule has 1 aliphatic rings. The van der Waals surface area contributed by atoms with Crippen molar-refractivity contribution in [2.24, 2.45) is 0 Å². The summed E-state index contributed by atoms with van der Waals surface area (Å²) in [7, 11) is -3.64. The lowest BCUT2D eigenvalue weighted by Crippen LogP contribution is -2.49. The van der Waals surface area contributed by atoms with E-state index in [2.05, 4.69) is 9.97 Å². The summed E-state index contributed by atoms with van der Waals surface area (Å²) in [6, 6.07) is 8.12. The second-order valence-electron chi connectivity index (χ2n) is 5.97. The molecule has 142 valence electrons. The number of anilines is 1. The van der Waals surface area contributed by atoms with Crippen LogP contribution in [0.1, 0.15) is 5.56 Å². The highest BCUT2D eigenvalue weighted by atomic mass is 32.2. The summed E-state index contributed by atoms with van der Waals surface area (Å²) in [4.78, 5) is 21.7. The summed E-state index contributed by atoms with van der Waals surface area (Å²) in [6.45, 7) is 1.11. The fourth-order valence-corrected chi connectivity index (χ4v) is 4.23. The number of benzene rings is 1. The molecular weight excluding hydrogens is 368 g/mol. The van der Waals surface area contributed by atoms with Crippen LogP contribution in [0.25, 0.3) is 6.08 Å². The van der Waals surface area contributed by atoms with E-state index in [1.807, 2.05) is 4.90 Å². The van der Waals surface area contributed by atoms with Crippen LogP contribution in [0.4, 0.5) is 5.95 Å². The number of carbonyl (C=O) groups excluding carboxylic acids is 1. The first-order valence-electron chi connectivity index (χ1n) is 8.44. The van der Waals surface area contributed by atoms with Crippen LogP contribution in [0.5, 0.6) is 0 Å². The van der Waals surface area contributed by atoms with E-state index in [1.54, 1.807) is 30.6 Å². The average Bonchev–Trinajstić information content (AvgIpc) is 2.73. The van der Waals surface area contributed by atoms with Crippen molar-refractivity contribution in [1.82, 2.24) is 14.3 Å². The zero-order valence-corrected chi connectivity index (χ0v) is 15.4. The number of aliphatic hydroxyl groups excluding tert-OH is 1. The lowest BCUT2D eigenvalue weighted by molar-refractivity contribution is -0.117. The third-order valence-corrected chi connectivity index (χ3v) is 6.08. The van der Waals surface area contributed by atoms with Gasteiger partial charge in [-0.1, -0.05) is 18.2 Å². The van der Waals surface area contributed by atoms with Crippen molar-refractivity contribution in [3.8, 4) is 0 Å². The monoisotopic (exact) mass is 388 g/mol. The quantitative estimate of drug-likeness (QED) is 0.721. The average molecular weight is 388 g/mol. The fraction of sp³-hybridized carbons (Fsp3) is 0.278. The van der Waals surface area contributed by atoms with Crippen molar-refractivity contribution in [2.75, 3.05) is 37.7 Å². The smallest absolute Gasteiger partial charge is 0.243 e. The molecule has 2 heterocycles. The molecule has 1 saturated heterocycles. The van der Waals surface area contributed by atoms with Crippen LogP contribution >= 0.6 is 0 Å². The van der Waals surface area contributed by atoms with Gasteiger partial charge in [-0.05, 0) is 29.8 Å². The number of aromatic nitrogens is 2. The second kappa shape index (κ2) is 8.38. The van der Waals surface area contributed by atoms with Gasteiger partial charge in [0.2, 0.25) is 16.0 Å². The first kappa shape index (κ1) is 19.2. The van der Waals surface area contributed by atoms with Crippen LogP contribution in [0, 0.1) is 0 Å². The Balaban J connectivity index is 1.72. The minimum Gasteiger partial charge on any atom is -0.388 e. The molecule has 27 heavy (non-hydrogen) atoms. The standard InChI is InChI=1S/C18H20N4O4S/c23-14-16(24)6-5-15-3-1-4-17(13-15)27(25,26)22-11-9-21(10-12-22)18-19-7-2-8-20-18/h1-8,13,23H,9-12,14H2/b6-5+. The lowest BCUT2D eigenvalue weighted by atomic mass is 10.2. The zero-order valence-electron chi connectivity index (χ0n) is 14.6. The molecule has 0 amide bonds. The van der Waals surface area contributed by atoms with Gasteiger partial charge in [-0.25, -0.2) is 18.4 Å². The molecule has 0 aliphatic carbocycles. The highest BCUT2D eigenvalue weighted by Gasteiger charge is 2.29. The van der Waals surface area contributed by atoms with E-state index in [0.717, 1.165) is 0 Å². The molecule has 1 N–H and O–H groups in total. The summed E-state index contributed by atoms with van der Waals surface area (Å²) in [5.41, 5.74) is 0.578. The van der Waals surface area contributed by atoms with Crippen LogP contribution in [0.15, 0.2) is 53.7 Å². The van der Waals surface area contributed by atoms with Crippen molar-refractivity contribution in [3.05, 3.63) is 54.4 Å². The van der Waals surface area contributed by atoms with Crippen molar-refractivity contribution < 1.29 is 18.3 Å². The van der Waals surface area contributed by atoms with E-state index in [9.17, 15) is 13.2 Å².